The summed E-state index contributed by atoms with van der Waals surface area (Å²) in [5, 5.41) is 0.911. The van der Waals surface area contributed by atoms with Crippen LogP contribution in [-0.2, 0) is 5.41 Å². The normalized spacial score (nSPS) is 18.0. The molecule has 0 unspecified atom stereocenters. The van der Waals surface area contributed by atoms with Gasteiger partial charge in [0.05, 0.1) is 11.3 Å². The van der Waals surface area contributed by atoms with Crippen LogP contribution in [0.1, 0.15) is 60.4 Å². The molecule has 164 valence electrons. The van der Waals surface area contributed by atoms with Crippen LogP contribution in [0.2, 0.25) is 0 Å². The maximum absolute atomic E-state index is 13.7. The van der Waals surface area contributed by atoms with Gasteiger partial charge in [-0.2, -0.15) is 0 Å². The molecule has 3 N–H and O–H groups in total. The second-order valence-corrected chi connectivity index (χ2v) is 9.81. The lowest BCUT2D eigenvalue weighted by Gasteiger charge is -2.40. The summed E-state index contributed by atoms with van der Waals surface area (Å²) >= 11 is 0. The fourth-order valence-corrected chi connectivity index (χ4v) is 5.34. The number of terminal acetylenes is 1. The Bertz CT molecular complexity index is 1280. The molecule has 5 heteroatoms. The molecule has 1 aliphatic carbocycles. The average molecular weight is 427 g/mol. The molecule has 1 aliphatic heterocycles. The van der Waals surface area contributed by atoms with Gasteiger partial charge in [0.2, 0.25) is 0 Å². The van der Waals surface area contributed by atoms with Crippen LogP contribution >= 0.6 is 0 Å². The van der Waals surface area contributed by atoms with Gasteiger partial charge < -0.3 is 15.6 Å². The first-order chi connectivity index (χ1) is 15.2. The van der Waals surface area contributed by atoms with Crippen molar-refractivity contribution >= 4 is 28.1 Å². The number of nitrogens with zero attached hydrogens (tertiary/aromatic N) is 2. The third-order valence-electron chi connectivity index (χ3n) is 7.27. The van der Waals surface area contributed by atoms with Crippen molar-refractivity contribution < 1.29 is 4.79 Å². The van der Waals surface area contributed by atoms with Crippen molar-refractivity contribution in [3.63, 3.8) is 0 Å². The van der Waals surface area contributed by atoms with E-state index >= 15 is 0 Å². The highest BCUT2D eigenvalue weighted by atomic mass is 16.1. The minimum atomic E-state index is -0.367. The quantitative estimate of drug-likeness (QED) is 0.478. The Hall–Kier alpha value is -3.23. The SMILES string of the molecule is C#Cc1cc2c(cc1N1CCN(C(C)C)CC1)C(C)(C)c1[nH]c3cc(N)ccc3c1C2=O. The molecule has 1 fully saturated rings. The number of benzene rings is 2. The number of hydrogen-bond acceptors (Lipinski definition) is 4. The van der Waals surface area contributed by atoms with E-state index in [1.807, 2.05) is 24.3 Å². The van der Waals surface area contributed by atoms with Crippen LogP contribution < -0.4 is 10.6 Å². The standard InChI is InChI=1S/C27H30N4O/c1-6-17-13-20-21(15-23(17)31-11-9-30(10-12-31)16(2)3)27(4,5)26-24(25(20)32)19-8-7-18(28)14-22(19)29-26/h1,7-8,13-16,29H,9-12,28H2,2-5H3. The molecule has 5 nitrogen and oxygen atoms in total. The van der Waals surface area contributed by atoms with E-state index in [0.29, 0.717) is 17.3 Å². The molecule has 0 bridgehead atoms. The molecule has 2 heterocycles. The molecule has 0 atom stereocenters. The Kier molecular flexibility index (Phi) is 4.61. The van der Waals surface area contributed by atoms with E-state index in [1.165, 1.54) is 0 Å². The number of aromatic amines is 1. The molecule has 0 saturated carbocycles. The van der Waals surface area contributed by atoms with E-state index in [4.69, 9.17) is 12.2 Å². The number of aromatic nitrogens is 1. The third kappa shape index (κ3) is 2.94. The van der Waals surface area contributed by atoms with E-state index in [1.54, 1.807) is 0 Å². The summed E-state index contributed by atoms with van der Waals surface area (Å²) < 4.78 is 0. The molecule has 0 spiro atoms. The van der Waals surface area contributed by atoms with Gasteiger partial charge in [-0.3, -0.25) is 9.69 Å². The molecule has 3 aromatic rings. The zero-order valence-corrected chi connectivity index (χ0v) is 19.2. The number of ketones is 1. The van der Waals surface area contributed by atoms with Gasteiger partial charge in [0, 0.05) is 71.0 Å². The number of anilines is 2. The largest absolute Gasteiger partial charge is 0.399 e. The van der Waals surface area contributed by atoms with Crippen LogP contribution in [0.3, 0.4) is 0 Å². The van der Waals surface area contributed by atoms with Crippen LogP contribution in [0.5, 0.6) is 0 Å². The van der Waals surface area contributed by atoms with Crippen LogP contribution in [0.25, 0.3) is 10.9 Å². The van der Waals surface area contributed by atoms with Crippen molar-refractivity contribution in [3.05, 3.63) is 58.3 Å². The first-order valence-electron chi connectivity index (χ1n) is 11.3. The van der Waals surface area contributed by atoms with Crippen LogP contribution in [0.4, 0.5) is 11.4 Å². The third-order valence-corrected chi connectivity index (χ3v) is 7.27. The smallest absolute Gasteiger partial charge is 0.195 e. The molecule has 5 rings (SSSR count). The summed E-state index contributed by atoms with van der Waals surface area (Å²) in [6.45, 7) is 12.7. The summed E-state index contributed by atoms with van der Waals surface area (Å²) in [6.07, 6.45) is 5.94. The van der Waals surface area contributed by atoms with Gasteiger partial charge in [0.15, 0.2) is 5.78 Å². The Balaban J connectivity index is 1.64. The molecule has 2 aliphatic rings. The highest BCUT2D eigenvalue weighted by Gasteiger charge is 2.40. The molecule has 2 aromatic carbocycles. The molecule has 1 saturated heterocycles. The number of nitrogens with one attached hydrogen (secondary N) is 1. The summed E-state index contributed by atoms with van der Waals surface area (Å²) in [5.74, 6) is 2.88. The minimum absolute atomic E-state index is 0.0259. The number of carbonyl (C=O) groups excluding carboxylic acids is 1. The van der Waals surface area contributed by atoms with Crippen molar-refractivity contribution in [2.75, 3.05) is 36.8 Å². The van der Waals surface area contributed by atoms with E-state index in [0.717, 1.165) is 65.2 Å². The minimum Gasteiger partial charge on any atom is -0.399 e. The Morgan fingerprint density at radius 2 is 1.84 bits per heavy atom. The van der Waals surface area contributed by atoms with Gasteiger partial charge in [-0.15, -0.1) is 6.42 Å². The number of fused-ring (bicyclic) bond motifs is 4. The number of nitrogens with two attached hydrogens (primary N) is 1. The van der Waals surface area contributed by atoms with Crippen molar-refractivity contribution in [1.82, 2.24) is 9.88 Å². The second kappa shape index (κ2) is 7.15. The summed E-state index contributed by atoms with van der Waals surface area (Å²) in [7, 11) is 0. The van der Waals surface area contributed by atoms with Crippen molar-refractivity contribution in [1.29, 1.82) is 0 Å². The predicted molar refractivity (Wildman–Crippen MR) is 132 cm³/mol. The lowest BCUT2D eigenvalue weighted by Crippen LogP contribution is -2.49. The maximum atomic E-state index is 13.7. The summed E-state index contributed by atoms with van der Waals surface area (Å²) in [4.78, 5) is 22.1. The molecular formula is C27H30N4O. The first kappa shape index (κ1) is 20.7. The molecule has 32 heavy (non-hydrogen) atoms. The van der Waals surface area contributed by atoms with E-state index in [9.17, 15) is 4.79 Å². The van der Waals surface area contributed by atoms with Gasteiger partial charge >= 0.3 is 0 Å². The van der Waals surface area contributed by atoms with E-state index in [2.05, 4.69) is 54.5 Å². The van der Waals surface area contributed by atoms with Gasteiger partial charge in [-0.25, -0.2) is 0 Å². The maximum Gasteiger partial charge on any atom is 0.195 e. The zero-order chi connectivity index (χ0) is 22.8. The number of nitrogen functional groups attached to an aromatic ring is 1. The van der Waals surface area contributed by atoms with Crippen molar-refractivity contribution in [3.8, 4) is 12.3 Å². The van der Waals surface area contributed by atoms with Crippen LogP contribution in [-0.4, -0.2) is 47.9 Å². The summed E-state index contributed by atoms with van der Waals surface area (Å²) in [5.41, 5.74) is 12.5. The van der Waals surface area contributed by atoms with Gasteiger partial charge in [0.1, 0.15) is 0 Å². The number of rotatable bonds is 2. The Morgan fingerprint density at radius 3 is 2.50 bits per heavy atom. The molecular weight excluding hydrogens is 396 g/mol. The number of hydrogen-bond donors (Lipinski definition) is 2. The van der Waals surface area contributed by atoms with Gasteiger partial charge in [-0.05, 0) is 43.7 Å². The fourth-order valence-electron chi connectivity index (χ4n) is 5.34. The number of piperazine rings is 1. The van der Waals surface area contributed by atoms with Crippen LogP contribution in [0, 0.1) is 12.3 Å². The van der Waals surface area contributed by atoms with Crippen molar-refractivity contribution in [2.45, 2.75) is 39.2 Å². The average Bonchev–Trinajstić information content (AvgIpc) is 3.16. The first-order valence-corrected chi connectivity index (χ1v) is 11.3. The Morgan fingerprint density at radius 1 is 1.12 bits per heavy atom. The Labute approximate surface area is 189 Å². The van der Waals surface area contributed by atoms with Crippen molar-refractivity contribution in [2.24, 2.45) is 0 Å². The summed E-state index contributed by atoms with van der Waals surface area (Å²) in [6, 6.07) is 10.3. The van der Waals surface area contributed by atoms with Gasteiger partial charge in [0.25, 0.3) is 0 Å². The highest BCUT2D eigenvalue weighted by molar-refractivity contribution is 6.20. The van der Waals surface area contributed by atoms with E-state index < -0.39 is 0 Å². The predicted octanol–water partition coefficient (Wildman–Crippen LogP) is 4.13. The topological polar surface area (TPSA) is 65.4 Å². The molecule has 1 aromatic heterocycles. The second-order valence-electron chi connectivity index (χ2n) is 9.81. The lowest BCUT2D eigenvalue weighted by molar-refractivity contribution is 0.103. The van der Waals surface area contributed by atoms with Gasteiger partial charge in [-0.1, -0.05) is 25.8 Å². The van der Waals surface area contributed by atoms with E-state index in [-0.39, 0.29) is 11.2 Å². The molecule has 0 amide bonds. The lowest BCUT2D eigenvalue weighted by atomic mass is 9.70. The monoisotopic (exact) mass is 426 g/mol. The zero-order valence-electron chi connectivity index (χ0n) is 19.2. The van der Waals surface area contributed by atoms with Crippen LogP contribution in [0.15, 0.2) is 30.3 Å². The number of carbonyl (C=O) groups is 1. The number of H-pyrrole nitrogens is 1. The molecule has 0 radical (unpaired) electrons. The fraction of sp³-hybridized carbons (Fsp3) is 0.370. The highest BCUT2D eigenvalue weighted by Crippen LogP contribution is 2.45.